The Bertz CT molecular complexity index is 9290. The molecule has 0 saturated carbocycles. The zero-order valence-corrected chi connectivity index (χ0v) is 76.9. The van der Waals surface area contributed by atoms with E-state index in [-0.39, 0.29) is 10.8 Å². The summed E-state index contributed by atoms with van der Waals surface area (Å²) in [5.74, 6) is 0. The minimum absolute atomic E-state index is 0.124. The molecule has 0 atom stereocenters. The molecule has 0 heterocycles. The molecule has 138 heavy (non-hydrogen) atoms. The summed E-state index contributed by atoms with van der Waals surface area (Å²) in [7, 11) is 0. The number of hydrogen-bond donors (Lipinski definition) is 0. The van der Waals surface area contributed by atoms with E-state index < -0.39 is 10.8 Å². The number of anilines is 6. The van der Waals surface area contributed by atoms with Crippen molar-refractivity contribution < 1.29 is 0 Å². The largest absolute Gasteiger partial charge is 0.310 e. The summed E-state index contributed by atoms with van der Waals surface area (Å²) in [6, 6.07) is 179. The van der Waals surface area contributed by atoms with E-state index in [0.29, 0.717) is 0 Å². The van der Waals surface area contributed by atoms with Crippen LogP contribution >= 0.6 is 0 Å². The van der Waals surface area contributed by atoms with E-state index in [2.05, 4.69) is 511 Å². The Labute approximate surface area is 802 Å². The van der Waals surface area contributed by atoms with Gasteiger partial charge in [-0.15, -0.1) is 0 Å². The first-order valence-electron chi connectivity index (χ1n) is 48.7. The normalized spacial score (nSPS) is 14.2. The van der Waals surface area contributed by atoms with Crippen molar-refractivity contribution >= 4 is 120 Å². The van der Waals surface area contributed by atoms with Crippen LogP contribution < -0.4 is 9.80 Å². The third kappa shape index (κ3) is 10.7. The van der Waals surface area contributed by atoms with E-state index in [1.807, 2.05) is 0 Å². The van der Waals surface area contributed by atoms with E-state index in [0.717, 1.165) is 28.4 Å². The van der Waals surface area contributed by atoms with E-state index in [4.69, 9.17) is 0 Å². The molecular formula is C136H90N2. The van der Waals surface area contributed by atoms with Gasteiger partial charge in [0.25, 0.3) is 0 Å². The second-order valence-electron chi connectivity index (χ2n) is 39.7. The van der Waals surface area contributed by atoms with Crippen LogP contribution in [0.5, 0.6) is 0 Å². The van der Waals surface area contributed by atoms with E-state index in [1.165, 1.54) is 248 Å². The van der Waals surface area contributed by atoms with Gasteiger partial charge in [0.1, 0.15) is 0 Å². The van der Waals surface area contributed by atoms with Crippen molar-refractivity contribution in [2.45, 2.75) is 49.4 Å². The highest BCUT2D eigenvalue weighted by Crippen LogP contribution is 2.68. The fourth-order valence-corrected chi connectivity index (χ4v) is 26.6. The van der Waals surface area contributed by atoms with Crippen LogP contribution in [0.15, 0.2) is 473 Å². The smallest absolute Gasteiger partial charge is 0.0726 e. The molecular weight excluding hydrogens is 1660 g/mol. The fourth-order valence-electron chi connectivity index (χ4n) is 26.6. The summed E-state index contributed by atoms with van der Waals surface area (Å²) in [5, 5.41) is 20.1. The molecule has 6 aliphatic rings. The standard InChI is InChI=1S/2C68H45N/c1-67(2)58-31-13-12-29-54(58)66-62(67)35-18-36-64(66)69(43-37-38-50-48-24-6-5-22-46(48)47-23-7-8-25-49(47)55(50)39-43)65-41-63-56(40-57(65)45-30-17-20-42-19-3-4-21-44(42)45)53-28-11-16-34-61(53)68(63)59-32-14-9-26-51(59)52-27-10-15-33-60(52)68;1-67(2)60-30-13-9-27-54(60)57-39-44(35-37-61(57)67)69(43-34-36-51-49-23-6-5-21-47(49)48-22-7-8-24-50(48)56(51)38-43)66-41-65-58(40-59(66)46-29-17-19-42-18-3-4-20-45(42)46)55-28-12-16-33-64(55)68(65)62-31-14-10-25-52(62)53-26-11-15-32-63(53)68/h2*3-41H,1-2H3. The SMILES string of the molecule is CC1(C)c2ccccc2-c2c(N(c3ccc4c5ccccc5c5ccccc5c4c3)c3cc4c(cc3-c3cccc5ccccc35)-c3ccccc3C43c4ccccc4-c4ccccc43)cccc21.CC1(C)c2ccccc2-c2cc(N(c3ccc4c5ccccc5c5ccccc5c4c3)c3cc4c(cc3-c3cccc5ccccc35)-c3ccccc3C43c4ccccc4-c4ccccc43)ccc21. The van der Waals surface area contributed by atoms with Gasteiger partial charge in [0.05, 0.1) is 27.9 Å². The highest BCUT2D eigenvalue weighted by molar-refractivity contribution is 6.28. The molecule has 0 aliphatic heterocycles. The molecule has 0 amide bonds. The van der Waals surface area contributed by atoms with Gasteiger partial charge in [0.2, 0.25) is 0 Å². The molecule has 30 rings (SSSR count). The summed E-state index contributed by atoms with van der Waals surface area (Å²) < 4.78 is 0. The van der Waals surface area contributed by atoms with Crippen LogP contribution in [0.1, 0.15) is 94.5 Å². The Morgan fingerprint density at radius 3 is 0.804 bits per heavy atom. The number of fused-ring (bicyclic) bond motifs is 40. The molecule has 6 aliphatic carbocycles. The second-order valence-corrected chi connectivity index (χ2v) is 39.7. The number of nitrogens with zero attached hydrogens (tertiary/aromatic N) is 2. The maximum atomic E-state index is 2.64. The van der Waals surface area contributed by atoms with Gasteiger partial charge < -0.3 is 9.80 Å². The van der Waals surface area contributed by atoms with Crippen LogP contribution in [0.3, 0.4) is 0 Å². The molecule has 2 nitrogen and oxygen atoms in total. The van der Waals surface area contributed by atoms with Crippen molar-refractivity contribution in [3.8, 4) is 89.0 Å². The van der Waals surface area contributed by atoms with Crippen molar-refractivity contribution in [2.75, 3.05) is 9.80 Å². The van der Waals surface area contributed by atoms with Crippen LogP contribution in [0.25, 0.3) is 175 Å². The van der Waals surface area contributed by atoms with Gasteiger partial charge in [0.15, 0.2) is 0 Å². The summed E-state index contributed by atoms with van der Waals surface area (Å²) in [5.41, 5.74) is 42.0. The lowest BCUT2D eigenvalue weighted by Crippen LogP contribution is -2.26. The van der Waals surface area contributed by atoms with Gasteiger partial charge >= 0.3 is 0 Å². The molecule has 0 unspecified atom stereocenters. The maximum absolute atomic E-state index is 2.64. The molecule has 644 valence electrons. The topological polar surface area (TPSA) is 6.48 Å². The second kappa shape index (κ2) is 29.2. The van der Waals surface area contributed by atoms with E-state index in [1.54, 1.807) is 0 Å². The monoisotopic (exact) mass is 1750 g/mol. The van der Waals surface area contributed by atoms with Crippen LogP contribution in [0.4, 0.5) is 34.1 Å². The summed E-state index contributed by atoms with van der Waals surface area (Å²) >= 11 is 0. The lowest BCUT2D eigenvalue weighted by molar-refractivity contribution is 0.660. The van der Waals surface area contributed by atoms with E-state index >= 15 is 0 Å². The molecule has 24 aromatic carbocycles. The predicted molar refractivity (Wildman–Crippen MR) is 581 cm³/mol. The lowest BCUT2D eigenvalue weighted by atomic mass is 9.70. The first-order chi connectivity index (χ1) is 68.0. The number of hydrogen-bond acceptors (Lipinski definition) is 2. The van der Waals surface area contributed by atoms with Crippen molar-refractivity contribution in [2.24, 2.45) is 0 Å². The Morgan fingerprint density at radius 1 is 0.138 bits per heavy atom. The molecule has 2 spiro atoms. The molecule has 2 heteroatoms. The van der Waals surface area contributed by atoms with Crippen LogP contribution in [-0.4, -0.2) is 0 Å². The van der Waals surface area contributed by atoms with Gasteiger partial charge in [0, 0.05) is 44.6 Å². The Morgan fingerprint density at radius 2 is 0.391 bits per heavy atom. The first-order valence-corrected chi connectivity index (χ1v) is 48.7. The van der Waals surface area contributed by atoms with Gasteiger partial charge in [-0.2, -0.15) is 0 Å². The third-order valence-corrected chi connectivity index (χ3v) is 32.5. The van der Waals surface area contributed by atoms with Gasteiger partial charge in [-0.1, -0.05) is 434 Å². The third-order valence-electron chi connectivity index (χ3n) is 32.5. The molecule has 0 radical (unpaired) electrons. The number of rotatable bonds is 8. The predicted octanol–water partition coefficient (Wildman–Crippen LogP) is 36.2. The van der Waals surface area contributed by atoms with Crippen molar-refractivity contribution in [3.63, 3.8) is 0 Å². The Kier molecular flexibility index (Phi) is 16.6. The highest BCUT2D eigenvalue weighted by Gasteiger charge is 2.55. The molecule has 0 N–H and O–H groups in total. The van der Waals surface area contributed by atoms with Crippen LogP contribution in [0.2, 0.25) is 0 Å². The van der Waals surface area contributed by atoms with Gasteiger partial charge in [-0.3, -0.25) is 0 Å². The minimum atomic E-state index is -0.525. The van der Waals surface area contributed by atoms with E-state index in [9.17, 15) is 0 Å². The minimum Gasteiger partial charge on any atom is -0.310 e. The Balaban J connectivity index is 0.000000133. The molecule has 0 fully saturated rings. The summed E-state index contributed by atoms with van der Waals surface area (Å²) in [6.07, 6.45) is 0. The molecule has 24 aromatic rings. The number of benzene rings is 24. The van der Waals surface area contributed by atoms with Gasteiger partial charge in [-0.25, -0.2) is 0 Å². The zero-order valence-electron chi connectivity index (χ0n) is 76.9. The molecule has 0 aromatic heterocycles. The molecule has 0 bridgehead atoms. The maximum Gasteiger partial charge on any atom is 0.0726 e. The van der Waals surface area contributed by atoms with Crippen molar-refractivity contribution in [1.29, 1.82) is 0 Å². The summed E-state index contributed by atoms with van der Waals surface area (Å²) in [4.78, 5) is 5.24. The van der Waals surface area contributed by atoms with Crippen molar-refractivity contribution in [1.82, 2.24) is 0 Å². The lowest BCUT2D eigenvalue weighted by Gasteiger charge is -2.34. The van der Waals surface area contributed by atoms with Crippen LogP contribution in [-0.2, 0) is 21.7 Å². The Hall–Kier alpha value is -17.0. The molecule has 0 saturated heterocycles. The highest BCUT2D eigenvalue weighted by atomic mass is 15.2. The quantitative estimate of drug-likeness (QED) is 0.140. The van der Waals surface area contributed by atoms with Gasteiger partial charge in [-0.05, 0) is 292 Å². The fraction of sp³-hybridized carbons (Fsp3) is 0.0588. The first kappa shape index (κ1) is 78.4. The van der Waals surface area contributed by atoms with Crippen LogP contribution in [0, 0.1) is 0 Å². The average Bonchev–Trinajstić information content (AvgIpc) is 1.50. The summed E-state index contributed by atoms with van der Waals surface area (Å²) in [6.45, 7) is 9.54. The average molecular weight is 1750 g/mol. The van der Waals surface area contributed by atoms with Crippen molar-refractivity contribution in [3.05, 3.63) is 540 Å². The zero-order chi connectivity index (χ0) is 91.2.